The van der Waals surface area contributed by atoms with Crippen LogP contribution in [0, 0.1) is 16.2 Å². The van der Waals surface area contributed by atoms with Gasteiger partial charge >= 0.3 is 0 Å². The summed E-state index contributed by atoms with van der Waals surface area (Å²) < 4.78 is 6.12. The molecule has 0 heterocycles. The second-order valence-corrected chi connectivity index (χ2v) is 14.4. The summed E-state index contributed by atoms with van der Waals surface area (Å²) in [7, 11) is 0. The van der Waals surface area contributed by atoms with Gasteiger partial charge in [0.2, 0.25) is 0 Å². The summed E-state index contributed by atoms with van der Waals surface area (Å²) in [5.41, 5.74) is 10.8. The molecule has 0 amide bonds. The summed E-state index contributed by atoms with van der Waals surface area (Å²) in [5, 5.41) is 0. The van der Waals surface area contributed by atoms with Gasteiger partial charge in [-0.15, -0.1) is 0 Å². The molecular formula is C38H55NO. The van der Waals surface area contributed by atoms with E-state index in [0.717, 1.165) is 24.2 Å². The summed E-state index contributed by atoms with van der Waals surface area (Å²) in [6.07, 6.45) is 11.3. The van der Waals surface area contributed by atoms with Crippen LogP contribution in [0.25, 0.3) is 0 Å². The lowest BCUT2D eigenvalue weighted by Gasteiger charge is -2.51. The summed E-state index contributed by atoms with van der Waals surface area (Å²) in [5.74, 6) is 1.48. The van der Waals surface area contributed by atoms with Crippen molar-refractivity contribution < 1.29 is 4.74 Å². The van der Waals surface area contributed by atoms with E-state index in [9.17, 15) is 0 Å². The highest BCUT2D eigenvalue weighted by Crippen LogP contribution is 2.52. The largest absolute Gasteiger partial charge is 0.489 e. The first-order valence-corrected chi connectivity index (χ1v) is 14.7. The van der Waals surface area contributed by atoms with Crippen LogP contribution in [-0.2, 0) is 0 Å². The van der Waals surface area contributed by atoms with Gasteiger partial charge in [-0.25, -0.2) is 0 Å². The molecule has 3 atom stereocenters. The highest BCUT2D eigenvalue weighted by molar-refractivity contribution is 5.33. The zero-order valence-corrected chi connectivity index (χ0v) is 26.8. The molecule has 2 heteroatoms. The van der Waals surface area contributed by atoms with E-state index in [1.807, 2.05) is 18.2 Å². The fourth-order valence-electron chi connectivity index (χ4n) is 5.55. The molecule has 2 rings (SSSR count). The van der Waals surface area contributed by atoms with Crippen LogP contribution in [0.1, 0.15) is 98.1 Å². The maximum Gasteiger partial charge on any atom is 0.119 e. The number of ether oxygens (including phenoxy) is 1. The molecule has 2 nitrogen and oxygen atoms in total. The van der Waals surface area contributed by atoms with Gasteiger partial charge in [-0.2, -0.15) is 0 Å². The molecule has 0 saturated carbocycles. The summed E-state index contributed by atoms with van der Waals surface area (Å²) in [6.45, 7) is 29.0. The van der Waals surface area contributed by atoms with Gasteiger partial charge in [0.1, 0.15) is 12.4 Å². The first-order chi connectivity index (χ1) is 18.5. The summed E-state index contributed by atoms with van der Waals surface area (Å²) in [4.78, 5) is 0. The Hall–Kier alpha value is -2.84. The molecule has 0 aromatic heterocycles. The summed E-state index contributed by atoms with van der Waals surface area (Å²) >= 11 is 0. The van der Waals surface area contributed by atoms with Crippen molar-refractivity contribution in [3.63, 3.8) is 0 Å². The number of nitrogens with two attached hydrogens (primary N) is 1. The maximum atomic E-state index is 7.41. The van der Waals surface area contributed by atoms with Gasteiger partial charge in [0.05, 0.1) is 0 Å². The Labute approximate surface area is 246 Å². The molecule has 40 heavy (non-hydrogen) atoms. The van der Waals surface area contributed by atoms with E-state index in [1.165, 1.54) is 11.1 Å². The zero-order chi connectivity index (χ0) is 30.2. The van der Waals surface area contributed by atoms with Crippen LogP contribution in [-0.4, -0.2) is 12.1 Å². The Balaban J connectivity index is 2.40. The van der Waals surface area contributed by atoms with Crippen molar-refractivity contribution >= 4 is 0 Å². The van der Waals surface area contributed by atoms with Crippen LogP contribution in [0.15, 0.2) is 104 Å². The Morgan fingerprint density at radius 1 is 0.775 bits per heavy atom. The second-order valence-electron chi connectivity index (χ2n) is 14.4. The van der Waals surface area contributed by atoms with E-state index in [1.54, 1.807) is 12.2 Å². The average Bonchev–Trinajstić information content (AvgIpc) is 2.87. The predicted molar refractivity (Wildman–Crippen MR) is 176 cm³/mol. The fourth-order valence-corrected chi connectivity index (χ4v) is 5.55. The quantitative estimate of drug-likeness (QED) is 0.256. The SMILES string of the molecule is C=C/C=C\C(=C/C=C)COc1ccc(C(CC(C)(C)C)C(C)(C)C(C)(N)CC(c2ccccc2)C(C)(C)C)cc1. The molecule has 0 spiro atoms. The molecule has 2 N–H and O–H groups in total. The second kappa shape index (κ2) is 13.7. The lowest BCUT2D eigenvalue weighted by atomic mass is 9.56. The smallest absolute Gasteiger partial charge is 0.119 e. The Morgan fingerprint density at radius 2 is 1.35 bits per heavy atom. The van der Waals surface area contributed by atoms with E-state index >= 15 is 0 Å². The lowest BCUT2D eigenvalue weighted by Crippen LogP contribution is -2.55. The molecule has 0 aliphatic heterocycles. The van der Waals surface area contributed by atoms with Crippen LogP contribution in [0.3, 0.4) is 0 Å². The van der Waals surface area contributed by atoms with Crippen molar-refractivity contribution in [1.29, 1.82) is 0 Å². The van der Waals surface area contributed by atoms with Crippen LogP contribution >= 0.6 is 0 Å². The molecular weight excluding hydrogens is 486 g/mol. The third kappa shape index (κ3) is 9.37. The van der Waals surface area contributed by atoms with Crippen LogP contribution in [0.4, 0.5) is 0 Å². The fraction of sp³-hybridized carbons (Fsp3) is 0.474. The molecule has 0 fully saturated rings. The van der Waals surface area contributed by atoms with Crippen molar-refractivity contribution in [2.24, 2.45) is 22.0 Å². The van der Waals surface area contributed by atoms with Crippen molar-refractivity contribution in [3.8, 4) is 5.75 Å². The van der Waals surface area contributed by atoms with Crippen molar-refractivity contribution in [2.45, 2.75) is 92.5 Å². The maximum absolute atomic E-state index is 7.41. The van der Waals surface area contributed by atoms with Crippen LogP contribution in [0.2, 0.25) is 0 Å². The molecule has 0 aliphatic carbocycles. The van der Waals surface area contributed by atoms with Gasteiger partial charge in [0.25, 0.3) is 0 Å². The summed E-state index contributed by atoms with van der Waals surface area (Å²) in [6, 6.07) is 19.6. The monoisotopic (exact) mass is 541 g/mol. The number of hydrogen-bond donors (Lipinski definition) is 1. The van der Waals surface area contributed by atoms with E-state index in [4.69, 9.17) is 10.5 Å². The first-order valence-electron chi connectivity index (χ1n) is 14.7. The standard InChI is InChI=1S/C38H55NO/c1-12-14-19-29(18-13-2)28-40-32-24-22-31(23-25-32)34(26-35(3,4)5)37(9,10)38(11,39)27-33(36(6,7)8)30-20-16-15-17-21-30/h12-25,33-34H,1-2,26-28,39H2,3-11H3/b19-14-,29-18+. The number of rotatable bonds is 13. The molecule has 0 saturated heterocycles. The molecule has 0 bridgehead atoms. The minimum Gasteiger partial charge on any atom is -0.489 e. The Morgan fingerprint density at radius 3 is 1.85 bits per heavy atom. The number of benzene rings is 2. The lowest BCUT2D eigenvalue weighted by molar-refractivity contribution is 0.0841. The third-order valence-electron chi connectivity index (χ3n) is 8.50. The van der Waals surface area contributed by atoms with Gasteiger partial charge in [-0.05, 0) is 76.7 Å². The Bertz CT molecular complexity index is 1130. The zero-order valence-electron chi connectivity index (χ0n) is 26.8. The minimum absolute atomic E-state index is 0.0936. The normalized spacial score (nSPS) is 16.3. The van der Waals surface area contributed by atoms with Crippen molar-refractivity contribution in [1.82, 2.24) is 0 Å². The first kappa shape index (κ1) is 33.4. The van der Waals surface area contributed by atoms with Gasteiger partial charge < -0.3 is 10.5 Å². The molecule has 0 radical (unpaired) electrons. The molecule has 0 aliphatic rings. The van der Waals surface area contributed by atoms with E-state index in [-0.39, 0.29) is 22.2 Å². The van der Waals surface area contributed by atoms with Gasteiger partial charge in [0.15, 0.2) is 0 Å². The molecule has 2 aromatic carbocycles. The highest BCUT2D eigenvalue weighted by atomic mass is 16.5. The average molecular weight is 542 g/mol. The van der Waals surface area contributed by atoms with Crippen molar-refractivity contribution in [2.75, 3.05) is 6.61 Å². The van der Waals surface area contributed by atoms with E-state index < -0.39 is 5.54 Å². The third-order valence-corrected chi connectivity index (χ3v) is 8.50. The van der Waals surface area contributed by atoms with Gasteiger partial charge in [-0.3, -0.25) is 0 Å². The topological polar surface area (TPSA) is 35.2 Å². The highest BCUT2D eigenvalue weighted by Gasteiger charge is 2.47. The number of allylic oxidation sites excluding steroid dienone is 4. The van der Waals surface area contributed by atoms with Crippen LogP contribution in [0.5, 0.6) is 5.75 Å². The van der Waals surface area contributed by atoms with E-state index in [2.05, 4.69) is 130 Å². The number of hydrogen-bond acceptors (Lipinski definition) is 2. The van der Waals surface area contributed by atoms with Gasteiger partial charge in [0, 0.05) is 5.54 Å². The minimum atomic E-state index is -0.409. The van der Waals surface area contributed by atoms with Gasteiger partial charge in [-0.1, -0.05) is 141 Å². The molecule has 2 aromatic rings. The van der Waals surface area contributed by atoms with Crippen LogP contribution < -0.4 is 10.5 Å². The predicted octanol–water partition coefficient (Wildman–Crippen LogP) is 10.4. The van der Waals surface area contributed by atoms with Crippen molar-refractivity contribution in [3.05, 3.63) is 115 Å². The molecule has 218 valence electrons. The Kier molecular flexibility index (Phi) is 11.4. The molecule has 3 unspecified atom stereocenters. The van der Waals surface area contributed by atoms with E-state index in [0.29, 0.717) is 12.5 Å².